The van der Waals surface area contributed by atoms with Crippen LogP contribution in [-0.4, -0.2) is 26.2 Å². The van der Waals surface area contributed by atoms with Crippen molar-refractivity contribution in [2.75, 3.05) is 31.4 Å². The van der Waals surface area contributed by atoms with Crippen molar-refractivity contribution >= 4 is 38.6 Å². The van der Waals surface area contributed by atoms with Crippen LogP contribution in [0.25, 0.3) is 0 Å². The number of halogens is 1. The lowest BCUT2D eigenvalue weighted by atomic mass is 10.2. The Bertz CT molecular complexity index is 586. The molecular formula is C14H18BrN3OS. The Morgan fingerprint density at radius 3 is 2.75 bits per heavy atom. The molecule has 2 heterocycles. The van der Waals surface area contributed by atoms with E-state index in [1.165, 1.54) is 4.88 Å². The highest BCUT2D eigenvalue weighted by molar-refractivity contribution is 9.10. The second-order valence-electron chi connectivity index (χ2n) is 4.64. The van der Waals surface area contributed by atoms with Crippen molar-refractivity contribution in [3.63, 3.8) is 0 Å². The molecule has 2 aromatic heterocycles. The summed E-state index contributed by atoms with van der Waals surface area (Å²) in [5.41, 5.74) is 1.97. The van der Waals surface area contributed by atoms with E-state index in [2.05, 4.69) is 44.6 Å². The zero-order chi connectivity index (χ0) is 14.7. The largest absolute Gasteiger partial charge is 0.479 e. The number of nitrogens with zero attached hydrogens (tertiary/aromatic N) is 2. The molecule has 2 rings (SSSR count). The van der Waals surface area contributed by atoms with Gasteiger partial charge in [0.15, 0.2) is 0 Å². The Morgan fingerprint density at radius 2 is 2.20 bits per heavy atom. The Kier molecular flexibility index (Phi) is 4.88. The number of hydrogen-bond donors (Lipinski definition) is 1. The van der Waals surface area contributed by atoms with Gasteiger partial charge in [-0.3, -0.25) is 0 Å². The van der Waals surface area contributed by atoms with Gasteiger partial charge < -0.3 is 15.0 Å². The van der Waals surface area contributed by atoms with E-state index in [1.54, 1.807) is 24.6 Å². The van der Waals surface area contributed by atoms with Crippen molar-refractivity contribution in [2.45, 2.75) is 13.0 Å². The summed E-state index contributed by atoms with van der Waals surface area (Å²) < 4.78 is 6.48. The number of pyridine rings is 1. The van der Waals surface area contributed by atoms with Crippen molar-refractivity contribution in [2.24, 2.45) is 0 Å². The van der Waals surface area contributed by atoms with E-state index in [9.17, 15) is 0 Å². The van der Waals surface area contributed by atoms with Gasteiger partial charge in [0.1, 0.15) is 5.69 Å². The van der Waals surface area contributed by atoms with Crippen molar-refractivity contribution < 1.29 is 4.74 Å². The van der Waals surface area contributed by atoms with Crippen LogP contribution in [0.2, 0.25) is 0 Å². The third-order valence-electron chi connectivity index (χ3n) is 2.94. The monoisotopic (exact) mass is 355 g/mol. The summed E-state index contributed by atoms with van der Waals surface area (Å²) in [6, 6.07) is 4.28. The van der Waals surface area contributed by atoms with E-state index < -0.39 is 0 Å². The molecule has 0 fully saturated rings. The first-order valence-corrected chi connectivity index (χ1v) is 7.91. The zero-order valence-corrected chi connectivity index (χ0v) is 14.4. The third-order valence-corrected chi connectivity index (χ3v) is 4.82. The lowest BCUT2D eigenvalue weighted by molar-refractivity contribution is 0.399. The maximum atomic E-state index is 5.37. The highest BCUT2D eigenvalue weighted by Crippen LogP contribution is 2.36. The van der Waals surface area contributed by atoms with Crippen LogP contribution in [0.4, 0.5) is 11.4 Å². The Morgan fingerprint density at radius 1 is 1.45 bits per heavy atom. The van der Waals surface area contributed by atoms with Crippen LogP contribution in [0.5, 0.6) is 5.88 Å². The first kappa shape index (κ1) is 15.1. The highest BCUT2D eigenvalue weighted by Gasteiger charge is 2.16. The molecule has 0 aliphatic heterocycles. The van der Waals surface area contributed by atoms with Gasteiger partial charge in [-0.2, -0.15) is 0 Å². The normalized spacial score (nSPS) is 12.1. The highest BCUT2D eigenvalue weighted by atomic mass is 79.9. The van der Waals surface area contributed by atoms with Crippen LogP contribution in [0.3, 0.4) is 0 Å². The van der Waals surface area contributed by atoms with Gasteiger partial charge in [0.2, 0.25) is 5.88 Å². The molecule has 20 heavy (non-hydrogen) atoms. The molecule has 0 aromatic carbocycles. The number of nitrogens with one attached hydrogen (secondary N) is 1. The fourth-order valence-electron chi connectivity index (χ4n) is 1.94. The molecule has 0 radical (unpaired) electrons. The van der Waals surface area contributed by atoms with Gasteiger partial charge in [-0.05, 0) is 35.0 Å². The predicted molar refractivity (Wildman–Crippen MR) is 89.2 cm³/mol. The van der Waals surface area contributed by atoms with Crippen LogP contribution in [0, 0.1) is 0 Å². The summed E-state index contributed by atoms with van der Waals surface area (Å²) in [6.45, 7) is 2.13. The summed E-state index contributed by atoms with van der Waals surface area (Å²) in [5, 5.41) is 5.59. The number of thiophene rings is 1. The average Bonchev–Trinajstić information content (AvgIpc) is 2.85. The summed E-state index contributed by atoms with van der Waals surface area (Å²) in [7, 11) is 5.65. The Hall–Kier alpha value is -1.27. The third kappa shape index (κ3) is 3.24. The molecule has 0 bridgehead atoms. The number of rotatable bonds is 5. The van der Waals surface area contributed by atoms with Crippen molar-refractivity contribution in [1.82, 2.24) is 4.98 Å². The summed E-state index contributed by atoms with van der Waals surface area (Å²) >= 11 is 5.21. The van der Waals surface area contributed by atoms with Crippen LogP contribution in [0.15, 0.2) is 28.2 Å². The topological polar surface area (TPSA) is 37.4 Å². The van der Waals surface area contributed by atoms with Gasteiger partial charge in [-0.25, -0.2) is 4.98 Å². The van der Waals surface area contributed by atoms with Crippen molar-refractivity contribution in [3.8, 4) is 5.88 Å². The molecule has 0 amide bonds. The van der Waals surface area contributed by atoms with Gasteiger partial charge in [0.25, 0.3) is 0 Å². The molecule has 2 aromatic rings. The second-order valence-corrected chi connectivity index (χ2v) is 6.50. The summed E-state index contributed by atoms with van der Waals surface area (Å²) in [4.78, 5) is 7.58. The van der Waals surface area contributed by atoms with Gasteiger partial charge in [-0.15, -0.1) is 11.3 Å². The molecule has 108 valence electrons. The Balaban J connectivity index is 2.32. The molecule has 6 heteroatoms. The first-order chi connectivity index (χ1) is 9.52. The van der Waals surface area contributed by atoms with E-state index in [4.69, 9.17) is 4.74 Å². The number of methoxy groups -OCH3 is 1. The molecule has 1 atom stereocenters. The predicted octanol–water partition coefficient (Wildman–Crippen LogP) is 4.15. The minimum atomic E-state index is 0.183. The smallest absolute Gasteiger partial charge is 0.239 e. The van der Waals surface area contributed by atoms with Gasteiger partial charge >= 0.3 is 0 Å². The van der Waals surface area contributed by atoms with E-state index in [0.717, 1.165) is 15.8 Å². The first-order valence-electron chi connectivity index (χ1n) is 6.23. The summed E-state index contributed by atoms with van der Waals surface area (Å²) in [6.07, 6.45) is 1.76. The number of anilines is 2. The second kappa shape index (κ2) is 6.45. The molecule has 1 N–H and O–H groups in total. The van der Waals surface area contributed by atoms with E-state index >= 15 is 0 Å². The molecule has 4 nitrogen and oxygen atoms in total. The fourth-order valence-corrected chi connectivity index (χ4v) is 3.39. The molecule has 0 saturated carbocycles. The van der Waals surface area contributed by atoms with E-state index in [-0.39, 0.29) is 6.04 Å². The average molecular weight is 356 g/mol. The Labute approximate surface area is 131 Å². The SMILES string of the molecule is COc1nccc(N(C)C)c1NC(C)c1cc(Br)cs1. The maximum Gasteiger partial charge on any atom is 0.239 e. The van der Waals surface area contributed by atoms with Gasteiger partial charge in [0.05, 0.1) is 18.8 Å². The van der Waals surface area contributed by atoms with Crippen LogP contribution >= 0.6 is 27.3 Å². The molecule has 0 spiro atoms. The lowest BCUT2D eigenvalue weighted by Crippen LogP contribution is -2.15. The van der Waals surface area contributed by atoms with Gasteiger partial charge in [0, 0.05) is 35.0 Å². The van der Waals surface area contributed by atoms with Crippen LogP contribution in [-0.2, 0) is 0 Å². The number of ether oxygens (including phenoxy) is 1. The molecule has 0 aliphatic rings. The lowest BCUT2D eigenvalue weighted by Gasteiger charge is -2.22. The molecule has 0 aliphatic carbocycles. The van der Waals surface area contributed by atoms with Crippen LogP contribution < -0.4 is 15.0 Å². The van der Waals surface area contributed by atoms with Crippen LogP contribution in [0.1, 0.15) is 17.8 Å². The van der Waals surface area contributed by atoms with Crippen molar-refractivity contribution in [3.05, 3.63) is 33.1 Å². The summed E-state index contributed by atoms with van der Waals surface area (Å²) in [5.74, 6) is 0.610. The molecule has 1 unspecified atom stereocenters. The quantitative estimate of drug-likeness (QED) is 0.873. The number of aromatic nitrogens is 1. The standard InChI is InChI=1S/C14H18BrN3OS/c1-9(12-7-10(15)8-20-12)17-13-11(18(2)3)5-6-16-14(13)19-4/h5-9,17H,1-4H3. The minimum absolute atomic E-state index is 0.183. The van der Waals surface area contributed by atoms with Gasteiger partial charge in [-0.1, -0.05) is 0 Å². The maximum absolute atomic E-state index is 5.37. The minimum Gasteiger partial charge on any atom is -0.479 e. The molecule has 0 saturated heterocycles. The fraction of sp³-hybridized carbons (Fsp3) is 0.357. The van der Waals surface area contributed by atoms with Crippen molar-refractivity contribution in [1.29, 1.82) is 0 Å². The number of hydrogen-bond acceptors (Lipinski definition) is 5. The molecular weight excluding hydrogens is 338 g/mol. The zero-order valence-electron chi connectivity index (χ0n) is 12.0. The van der Waals surface area contributed by atoms with E-state index in [1.807, 2.05) is 25.1 Å². The van der Waals surface area contributed by atoms with E-state index in [0.29, 0.717) is 5.88 Å².